The van der Waals surface area contributed by atoms with Crippen LogP contribution in [-0.2, 0) is 38.3 Å². The number of esters is 2. The molecule has 8 heteroatoms. The molecule has 2 N–H and O–H groups in total. The monoisotopic (exact) mass is 482 g/mol. The number of thiophene rings is 1. The number of H-pyrrole nitrogens is 1. The second-order valence-electron chi connectivity index (χ2n) is 8.76. The van der Waals surface area contributed by atoms with Gasteiger partial charge in [0.25, 0.3) is 5.91 Å². The Morgan fingerprint density at radius 3 is 2.85 bits per heavy atom. The van der Waals surface area contributed by atoms with Crippen LogP contribution < -0.4 is 5.32 Å². The average Bonchev–Trinajstić information content (AvgIpc) is 3.38. The minimum Gasteiger partial charge on any atom is -0.462 e. The van der Waals surface area contributed by atoms with Gasteiger partial charge in [-0.1, -0.05) is 25.1 Å². The minimum absolute atomic E-state index is 0.165. The van der Waals surface area contributed by atoms with Gasteiger partial charge in [0.2, 0.25) is 0 Å². The number of hydrogen-bond acceptors (Lipinski definition) is 6. The van der Waals surface area contributed by atoms with Crippen molar-refractivity contribution in [2.75, 3.05) is 11.9 Å². The van der Waals surface area contributed by atoms with E-state index in [1.807, 2.05) is 30.5 Å². The van der Waals surface area contributed by atoms with Gasteiger partial charge in [-0.2, -0.15) is 0 Å². The van der Waals surface area contributed by atoms with E-state index in [2.05, 4.69) is 17.2 Å². The molecule has 2 atom stereocenters. The van der Waals surface area contributed by atoms with Gasteiger partial charge in [-0.05, 0) is 62.6 Å². The third-order valence-corrected chi connectivity index (χ3v) is 7.35. The van der Waals surface area contributed by atoms with Crippen LogP contribution in [0.4, 0.5) is 5.00 Å². The quantitative estimate of drug-likeness (QED) is 0.439. The highest BCUT2D eigenvalue weighted by Gasteiger charge is 2.30. The molecule has 0 fully saturated rings. The molecule has 4 rings (SSSR count). The Morgan fingerprint density at radius 2 is 2.06 bits per heavy atom. The molecule has 34 heavy (non-hydrogen) atoms. The van der Waals surface area contributed by atoms with Crippen LogP contribution >= 0.6 is 11.3 Å². The van der Waals surface area contributed by atoms with E-state index in [9.17, 15) is 14.4 Å². The first kappa shape index (κ1) is 24.0. The van der Waals surface area contributed by atoms with E-state index in [-0.39, 0.29) is 13.0 Å². The maximum absolute atomic E-state index is 12.8. The highest BCUT2D eigenvalue weighted by molar-refractivity contribution is 7.17. The molecule has 0 bridgehead atoms. The number of rotatable bonds is 8. The zero-order valence-corrected chi connectivity index (χ0v) is 20.6. The zero-order valence-electron chi connectivity index (χ0n) is 19.7. The van der Waals surface area contributed by atoms with Crippen molar-refractivity contribution in [3.8, 4) is 0 Å². The molecule has 1 aliphatic carbocycles. The number of hydrogen-bond donors (Lipinski definition) is 2. The number of carbonyl (C=O) groups is 3. The lowest BCUT2D eigenvalue weighted by Gasteiger charge is -2.18. The lowest BCUT2D eigenvalue weighted by Crippen LogP contribution is -2.30. The standard InChI is InChI=1S/C26H30N2O5S/c1-4-32-26(31)23-19-11-9-15(2)13-21(19)34-25(23)28-24(30)16(3)33-22(29)12-10-17-14-27-20-8-6-5-7-18(17)20/h5-8,14-16,27H,4,9-13H2,1-3H3,(H,28,30)/t15-,16-/m0/s1. The van der Waals surface area contributed by atoms with Crippen molar-refractivity contribution in [2.45, 2.75) is 59.0 Å². The number of anilines is 1. The molecule has 2 aromatic heterocycles. The molecule has 0 spiro atoms. The van der Waals surface area contributed by atoms with Crippen LogP contribution in [0.5, 0.6) is 0 Å². The van der Waals surface area contributed by atoms with Crippen LogP contribution in [0.3, 0.4) is 0 Å². The van der Waals surface area contributed by atoms with Crippen molar-refractivity contribution < 1.29 is 23.9 Å². The Hall–Kier alpha value is -3.13. The number of aryl methyl sites for hydroxylation is 1. The predicted molar refractivity (Wildman–Crippen MR) is 132 cm³/mol. The maximum Gasteiger partial charge on any atom is 0.341 e. The van der Waals surface area contributed by atoms with Crippen LogP contribution in [0.2, 0.25) is 0 Å². The summed E-state index contributed by atoms with van der Waals surface area (Å²) in [6.07, 6.45) is 4.25. The van der Waals surface area contributed by atoms with Crippen molar-refractivity contribution in [3.05, 3.63) is 52.0 Å². The second kappa shape index (κ2) is 10.4. The molecule has 0 unspecified atom stereocenters. The van der Waals surface area contributed by atoms with Gasteiger partial charge in [0, 0.05) is 28.4 Å². The summed E-state index contributed by atoms with van der Waals surface area (Å²) in [5.41, 5.74) is 3.46. The van der Waals surface area contributed by atoms with Crippen molar-refractivity contribution >= 4 is 45.1 Å². The predicted octanol–water partition coefficient (Wildman–Crippen LogP) is 5.03. The molecule has 2 heterocycles. The summed E-state index contributed by atoms with van der Waals surface area (Å²) >= 11 is 1.42. The Balaban J connectivity index is 1.39. The van der Waals surface area contributed by atoms with Crippen LogP contribution in [0, 0.1) is 5.92 Å². The molecule has 180 valence electrons. The Bertz CT molecular complexity index is 1210. The number of nitrogens with one attached hydrogen (secondary N) is 2. The molecule has 1 amide bonds. The molecule has 1 aliphatic rings. The van der Waals surface area contributed by atoms with Crippen molar-refractivity contribution in [1.29, 1.82) is 0 Å². The fourth-order valence-corrected chi connectivity index (χ4v) is 5.76. The molecule has 1 aromatic carbocycles. The molecule has 0 aliphatic heterocycles. The molecular weight excluding hydrogens is 452 g/mol. The van der Waals surface area contributed by atoms with Crippen molar-refractivity contribution in [1.82, 2.24) is 4.98 Å². The van der Waals surface area contributed by atoms with E-state index in [1.54, 1.807) is 13.8 Å². The Labute approximate surface area is 202 Å². The smallest absolute Gasteiger partial charge is 0.341 e. The summed E-state index contributed by atoms with van der Waals surface area (Å²) in [5, 5.41) is 4.37. The van der Waals surface area contributed by atoms with Gasteiger partial charge in [-0.15, -0.1) is 11.3 Å². The van der Waals surface area contributed by atoms with E-state index in [1.165, 1.54) is 11.3 Å². The van der Waals surface area contributed by atoms with Gasteiger partial charge in [-0.3, -0.25) is 9.59 Å². The van der Waals surface area contributed by atoms with Crippen LogP contribution in [-0.4, -0.2) is 35.5 Å². The topological polar surface area (TPSA) is 97.5 Å². The number of amides is 1. The molecule has 0 radical (unpaired) electrons. The first-order valence-corrected chi connectivity index (χ1v) is 12.6. The Morgan fingerprint density at radius 1 is 1.26 bits per heavy atom. The van der Waals surface area contributed by atoms with Gasteiger partial charge in [0.05, 0.1) is 12.2 Å². The van der Waals surface area contributed by atoms with Gasteiger partial charge in [0.1, 0.15) is 5.00 Å². The normalized spacial score (nSPS) is 16.0. The van der Waals surface area contributed by atoms with Crippen LogP contribution in [0.1, 0.15) is 60.0 Å². The number of aromatic amines is 1. The highest BCUT2D eigenvalue weighted by atomic mass is 32.1. The Kier molecular flexibility index (Phi) is 7.36. The maximum atomic E-state index is 12.8. The summed E-state index contributed by atoms with van der Waals surface area (Å²) in [7, 11) is 0. The molecule has 0 saturated heterocycles. The largest absolute Gasteiger partial charge is 0.462 e. The SMILES string of the molecule is CCOC(=O)c1c(NC(=O)[C@H](C)OC(=O)CCc2c[nH]c3ccccc23)sc2c1CC[C@H](C)C2. The summed E-state index contributed by atoms with van der Waals surface area (Å²) in [4.78, 5) is 42.2. The van der Waals surface area contributed by atoms with Crippen LogP contribution in [0.15, 0.2) is 30.5 Å². The summed E-state index contributed by atoms with van der Waals surface area (Å²) in [6.45, 7) is 5.74. The van der Waals surface area contributed by atoms with E-state index >= 15 is 0 Å². The third-order valence-electron chi connectivity index (χ3n) is 6.18. The molecular formula is C26H30N2O5S. The van der Waals surface area contributed by atoms with E-state index in [0.717, 1.165) is 46.2 Å². The van der Waals surface area contributed by atoms with Crippen molar-refractivity contribution in [3.63, 3.8) is 0 Å². The zero-order chi connectivity index (χ0) is 24.2. The number of fused-ring (bicyclic) bond motifs is 2. The fraction of sp³-hybridized carbons (Fsp3) is 0.423. The van der Waals surface area contributed by atoms with Crippen molar-refractivity contribution in [2.24, 2.45) is 5.92 Å². The summed E-state index contributed by atoms with van der Waals surface area (Å²) in [6, 6.07) is 7.90. The molecule has 0 saturated carbocycles. The number of carbonyl (C=O) groups excluding carboxylic acids is 3. The summed E-state index contributed by atoms with van der Waals surface area (Å²) in [5.74, 6) is -0.800. The average molecular weight is 483 g/mol. The van der Waals surface area contributed by atoms with Gasteiger partial charge in [-0.25, -0.2) is 4.79 Å². The minimum atomic E-state index is -0.983. The highest BCUT2D eigenvalue weighted by Crippen LogP contribution is 2.40. The lowest BCUT2D eigenvalue weighted by molar-refractivity contribution is -0.153. The fourth-order valence-electron chi connectivity index (χ4n) is 4.36. The first-order valence-electron chi connectivity index (χ1n) is 11.7. The van der Waals surface area contributed by atoms with E-state index in [0.29, 0.717) is 22.9 Å². The molecule has 3 aromatic rings. The third kappa shape index (κ3) is 5.17. The molecule has 7 nitrogen and oxygen atoms in total. The van der Waals surface area contributed by atoms with Crippen LogP contribution in [0.25, 0.3) is 10.9 Å². The second-order valence-corrected chi connectivity index (χ2v) is 9.86. The van der Waals surface area contributed by atoms with Gasteiger partial charge < -0.3 is 19.8 Å². The van der Waals surface area contributed by atoms with Gasteiger partial charge in [0.15, 0.2) is 6.10 Å². The van der Waals surface area contributed by atoms with E-state index < -0.39 is 23.9 Å². The summed E-state index contributed by atoms with van der Waals surface area (Å²) < 4.78 is 10.6. The first-order chi connectivity index (χ1) is 16.4. The number of aromatic nitrogens is 1. The number of para-hydroxylation sites is 1. The van der Waals surface area contributed by atoms with E-state index in [4.69, 9.17) is 9.47 Å². The van der Waals surface area contributed by atoms with Gasteiger partial charge >= 0.3 is 11.9 Å². The number of ether oxygens (including phenoxy) is 2. The lowest BCUT2D eigenvalue weighted by atomic mass is 9.88. The number of benzene rings is 1.